The minimum Gasteiger partial charge on any atom is -0.755 e. The number of Topliss-reactive ketones (excluding diaryl/α,β-unsaturated/α-hetero) is 1. The molecule has 1 aliphatic rings. The number of ketones is 1. The molecule has 2 N–H and O–H groups in total. The van der Waals surface area contributed by atoms with E-state index in [0.29, 0.717) is 42.4 Å². The molecule has 0 saturated heterocycles. The van der Waals surface area contributed by atoms with Crippen molar-refractivity contribution in [2.75, 3.05) is 17.9 Å². The van der Waals surface area contributed by atoms with Crippen LogP contribution in [0.4, 0.5) is 5.69 Å². The van der Waals surface area contributed by atoms with Crippen molar-refractivity contribution in [3.05, 3.63) is 69.7 Å². The molecule has 190 valence electrons. The molecule has 4 rings (SSSR count). The van der Waals surface area contributed by atoms with E-state index in [2.05, 4.69) is 15.0 Å². The molecule has 3 aromatic rings. The van der Waals surface area contributed by atoms with Gasteiger partial charge in [0.25, 0.3) is 0 Å². The zero-order valence-electron chi connectivity index (χ0n) is 19.7. The summed E-state index contributed by atoms with van der Waals surface area (Å²) >= 11 is -0.920. The molecule has 2 aromatic carbocycles. The highest BCUT2D eigenvalue weighted by Crippen LogP contribution is 2.31. The van der Waals surface area contributed by atoms with Crippen LogP contribution in [0.25, 0.3) is 0 Å². The summed E-state index contributed by atoms with van der Waals surface area (Å²) in [6.45, 7) is 2.92. The molecule has 0 bridgehead atoms. The summed E-state index contributed by atoms with van der Waals surface area (Å²) < 4.78 is 35.0. The first-order valence-electron chi connectivity index (χ1n) is 11.5. The number of aryl methyl sites for hydroxylation is 1. The Kier molecular flexibility index (Phi) is 8.68. The van der Waals surface area contributed by atoms with Gasteiger partial charge in [-0.25, -0.2) is 4.98 Å². The Bertz CT molecular complexity index is 1240. The average molecular weight is 529 g/mol. The predicted molar refractivity (Wildman–Crippen MR) is 136 cm³/mol. The zero-order chi connectivity index (χ0) is 25.5. The summed E-state index contributed by atoms with van der Waals surface area (Å²) in [5, 5.41) is 5.77. The molecule has 2 heterocycles. The van der Waals surface area contributed by atoms with E-state index >= 15 is 0 Å². The third kappa shape index (κ3) is 6.90. The molecule has 0 spiro atoms. The Hall–Kier alpha value is -3.28. The number of benzene rings is 2. The molecular weight excluding hydrogens is 502 g/mol. The number of hydrogen-bond donors (Lipinski definition) is 2. The van der Waals surface area contributed by atoms with Gasteiger partial charge >= 0.3 is 0 Å². The van der Waals surface area contributed by atoms with Crippen LogP contribution in [0, 0.1) is 0 Å². The predicted octanol–water partition coefficient (Wildman–Crippen LogP) is 3.75. The topological polar surface area (TPSA) is 130 Å². The fraction of sp³-hybridized carbons (Fsp3) is 0.320. The second-order valence-electron chi connectivity index (χ2n) is 8.17. The largest absolute Gasteiger partial charge is 0.755 e. The third-order valence-corrected chi connectivity index (χ3v) is 7.01. The van der Waals surface area contributed by atoms with Gasteiger partial charge in [0.05, 0.1) is 11.7 Å². The highest BCUT2D eigenvalue weighted by molar-refractivity contribution is 7.80. The van der Waals surface area contributed by atoms with Gasteiger partial charge in [0.1, 0.15) is 18.2 Å². The van der Waals surface area contributed by atoms with Gasteiger partial charge in [-0.1, -0.05) is 19.1 Å². The second kappa shape index (κ2) is 12.1. The van der Waals surface area contributed by atoms with Crippen LogP contribution in [0.15, 0.2) is 47.8 Å². The van der Waals surface area contributed by atoms with Crippen LogP contribution in [-0.2, 0) is 28.9 Å². The van der Waals surface area contributed by atoms with E-state index in [9.17, 15) is 18.4 Å². The van der Waals surface area contributed by atoms with E-state index < -0.39 is 11.3 Å². The number of fused-ring (bicyclic) bond motifs is 1. The number of rotatable bonds is 11. The number of hydrogen-bond acceptors (Lipinski definition) is 8. The normalized spacial score (nSPS) is 14.1. The van der Waals surface area contributed by atoms with Crippen molar-refractivity contribution in [2.24, 2.45) is 0 Å². The molecule has 1 unspecified atom stereocenters. The van der Waals surface area contributed by atoms with Crippen molar-refractivity contribution in [1.29, 1.82) is 0 Å². The van der Waals surface area contributed by atoms with Gasteiger partial charge < -0.3 is 24.1 Å². The van der Waals surface area contributed by atoms with Gasteiger partial charge in [0.15, 0.2) is 17.3 Å². The minimum absolute atomic E-state index is 0.0357. The number of carbonyl (C=O) groups is 2. The lowest BCUT2D eigenvalue weighted by molar-refractivity contribution is -0.121. The Labute approximate surface area is 215 Å². The van der Waals surface area contributed by atoms with Crippen molar-refractivity contribution in [1.82, 2.24) is 10.3 Å². The smallest absolute Gasteiger partial charge is 0.221 e. The Morgan fingerprint density at radius 3 is 2.56 bits per heavy atom. The SMILES string of the molecule is CCc1csc([C@H](Cc2ccc(NS(=O)[O-])cc2)NC(=O)CCC(=O)c2ccc3c(c2)OCCO3)n1. The van der Waals surface area contributed by atoms with E-state index in [1.165, 1.54) is 11.3 Å². The number of anilines is 1. The van der Waals surface area contributed by atoms with E-state index in [1.807, 2.05) is 12.3 Å². The highest BCUT2D eigenvalue weighted by Gasteiger charge is 2.21. The van der Waals surface area contributed by atoms with Crippen molar-refractivity contribution in [2.45, 2.75) is 38.6 Å². The first-order chi connectivity index (χ1) is 17.4. The van der Waals surface area contributed by atoms with E-state index in [-0.39, 0.29) is 30.6 Å². The Morgan fingerprint density at radius 1 is 1.11 bits per heavy atom. The molecule has 1 amide bonds. The summed E-state index contributed by atoms with van der Waals surface area (Å²) in [4.78, 5) is 30.2. The summed E-state index contributed by atoms with van der Waals surface area (Å²) in [5.74, 6) is 0.743. The lowest BCUT2D eigenvalue weighted by Crippen LogP contribution is -2.30. The molecule has 0 fully saturated rings. The van der Waals surface area contributed by atoms with Gasteiger partial charge in [-0.2, -0.15) is 0 Å². The second-order valence-corrected chi connectivity index (χ2v) is 9.73. The maximum Gasteiger partial charge on any atom is 0.221 e. The number of aromatic nitrogens is 1. The number of nitrogens with one attached hydrogen (secondary N) is 2. The van der Waals surface area contributed by atoms with Gasteiger partial charge in [-0.15, -0.1) is 11.3 Å². The number of nitrogens with zero attached hydrogens (tertiary/aromatic N) is 1. The first-order valence-corrected chi connectivity index (χ1v) is 13.5. The number of carbonyl (C=O) groups excluding carboxylic acids is 2. The molecule has 2 atom stereocenters. The molecule has 36 heavy (non-hydrogen) atoms. The Morgan fingerprint density at radius 2 is 1.86 bits per heavy atom. The van der Waals surface area contributed by atoms with Gasteiger partial charge in [-0.05, 0) is 48.7 Å². The van der Waals surface area contributed by atoms with Crippen LogP contribution in [0.3, 0.4) is 0 Å². The van der Waals surface area contributed by atoms with Gasteiger partial charge in [0.2, 0.25) is 5.91 Å². The molecule has 0 saturated carbocycles. The van der Waals surface area contributed by atoms with Crippen LogP contribution >= 0.6 is 11.3 Å². The average Bonchev–Trinajstić information content (AvgIpc) is 3.37. The van der Waals surface area contributed by atoms with E-state index in [4.69, 9.17) is 9.47 Å². The summed E-state index contributed by atoms with van der Waals surface area (Å²) in [6, 6.07) is 11.6. The lowest BCUT2D eigenvalue weighted by Gasteiger charge is -2.19. The van der Waals surface area contributed by atoms with Crippen LogP contribution in [0.5, 0.6) is 11.5 Å². The number of thiazole rings is 1. The van der Waals surface area contributed by atoms with Crippen molar-refractivity contribution in [3.8, 4) is 11.5 Å². The summed E-state index contributed by atoms with van der Waals surface area (Å²) in [6.07, 6.45) is 1.35. The molecule has 0 aliphatic carbocycles. The molecule has 0 radical (unpaired) electrons. The number of amides is 1. The lowest BCUT2D eigenvalue weighted by atomic mass is 10.0. The zero-order valence-corrected chi connectivity index (χ0v) is 21.3. The molecule has 9 nitrogen and oxygen atoms in total. The van der Waals surface area contributed by atoms with Gasteiger partial charge in [-0.3, -0.25) is 13.8 Å². The fourth-order valence-electron chi connectivity index (χ4n) is 3.74. The minimum atomic E-state index is -2.40. The third-order valence-electron chi connectivity index (χ3n) is 5.60. The maximum absolute atomic E-state index is 12.8. The fourth-order valence-corrected chi connectivity index (χ4v) is 5.02. The molecular formula is C25H26N3O6S2-. The summed E-state index contributed by atoms with van der Waals surface area (Å²) in [7, 11) is 0. The van der Waals surface area contributed by atoms with Crippen LogP contribution < -0.4 is 19.5 Å². The van der Waals surface area contributed by atoms with Crippen LogP contribution in [0.1, 0.15) is 52.4 Å². The van der Waals surface area contributed by atoms with Crippen molar-refractivity contribution < 1.29 is 27.8 Å². The first kappa shape index (κ1) is 25.8. The van der Waals surface area contributed by atoms with E-state index in [0.717, 1.165) is 22.7 Å². The monoisotopic (exact) mass is 528 g/mol. The van der Waals surface area contributed by atoms with Crippen LogP contribution in [0.2, 0.25) is 0 Å². The van der Waals surface area contributed by atoms with Crippen molar-refractivity contribution in [3.63, 3.8) is 0 Å². The summed E-state index contributed by atoms with van der Waals surface area (Å²) in [5.41, 5.74) is 2.78. The molecule has 11 heteroatoms. The van der Waals surface area contributed by atoms with Gasteiger partial charge in [0, 0.05) is 40.7 Å². The Balaban J connectivity index is 1.39. The van der Waals surface area contributed by atoms with E-state index in [1.54, 1.807) is 42.5 Å². The maximum atomic E-state index is 12.8. The number of ether oxygens (including phenoxy) is 2. The molecule has 1 aromatic heterocycles. The standard InChI is InChI=1S/C25H27N3O6S2/c1-2-18-15-35-25(26-18)20(13-16-3-6-19(7-4-16)28-36(31)32)27-24(30)10-8-21(29)17-5-9-22-23(14-17)34-12-11-33-22/h3-7,9,14-15,20,28H,2,8,10-13H2,1H3,(H,27,30)(H,31,32)/p-1/t20-/m0/s1. The quantitative estimate of drug-likeness (QED) is 0.286. The molecule has 1 aliphatic heterocycles. The van der Waals surface area contributed by atoms with Crippen molar-refractivity contribution >= 4 is 40.0 Å². The highest BCUT2D eigenvalue weighted by atomic mass is 32.2. The van der Waals surface area contributed by atoms with Crippen LogP contribution in [-0.4, -0.2) is 38.6 Å².